The Kier molecular flexibility index (Phi) is 9.64. The Morgan fingerprint density at radius 3 is 2.43 bits per heavy atom. The first kappa shape index (κ1) is 29.0. The van der Waals surface area contributed by atoms with Gasteiger partial charge in [-0.25, -0.2) is 4.98 Å². The van der Waals surface area contributed by atoms with Crippen molar-refractivity contribution in [3.8, 4) is 11.4 Å². The summed E-state index contributed by atoms with van der Waals surface area (Å²) in [6.45, 7) is 1.01. The van der Waals surface area contributed by atoms with Crippen molar-refractivity contribution in [1.82, 2.24) is 14.9 Å². The van der Waals surface area contributed by atoms with Gasteiger partial charge >= 0.3 is 5.97 Å². The van der Waals surface area contributed by atoms with E-state index in [2.05, 4.69) is 34.1 Å². The molecule has 1 aliphatic carbocycles. The molecule has 0 bridgehead atoms. The summed E-state index contributed by atoms with van der Waals surface area (Å²) >= 11 is 0. The first-order valence-corrected chi connectivity index (χ1v) is 14.9. The molecular weight excluding hydrogens is 526 g/mol. The third-order valence-corrected chi connectivity index (χ3v) is 7.87. The summed E-state index contributed by atoms with van der Waals surface area (Å²) in [6.07, 6.45) is 8.46. The van der Waals surface area contributed by atoms with E-state index in [9.17, 15) is 9.59 Å². The van der Waals surface area contributed by atoms with E-state index in [0.717, 1.165) is 73.9 Å². The number of rotatable bonds is 12. The molecule has 218 valence electrons. The molecule has 1 amide bonds. The number of carbonyl (C=O) groups is 2. The highest BCUT2D eigenvalue weighted by atomic mass is 16.5. The van der Waals surface area contributed by atoms with Gasteiger partial charge in [0, 0.05) is 29.8 Å². The molecular formula is C34H39N5O3. The molecule has 4 N–H and O–H groups in total. The lowest BCUT2D eigenvalue weighted by Crippen LogP contribution is -2.28. The third-order valence-electron chi connectivity index (χ3n) is 7.87. The van der Waals surface area contributed by atoms with E-state index in [1.165, 1.54) is 12.0 Å². The molecule has 0 saturated heterocycles. The molecule has 4 aromatic rings. The summed E-state index contributed by atoms with van der Waals surface area (Å²) in [5.41, 5.74) is 10.7. The average molecular weight is 566 g/mol. The highest BCUT2D eigenvalue weighted by Gasteiger charge is 2.19. The lowest BCUT2D eigenvalue weighted by molar-refractivity contribution is -0.150. The molecule has 8 nitrogen and oxygen atoms in total. The number of fused-ring (bicyclic) bond motifs is 1. The number of nitrogens with two attached hydrogens (primary N) is 1. The third kappa shape index (κ3) is 7.43. The minimum absolute atomic E-state index is 0.0191. The minimum Gasteiger partial charge on any atom is -0.462 e. The van der Waals surface area contributed by atoms with E-state index in [4.69, 9.17) is 20.9 Å². The van der Waals surface area contributed by atoms with Crippen molar-refractivity contribution < 1.29 is 14.3 Å². The van der Waals surface area contributed by atoms with Gasteiger partial charge in [-0.05, 0) is 68.7 Å². The first-order chi connectivity index (χ1) is 20.5. The highest BCUT2D eigenvalue weighted by molar-refractivity contribution is 5.98. The fraction of sp³-hybridized carbons (Fsp3) is 0.353. The van der Waals surface area contributed by atoms with Gasteiger partial charge in [-0.3, -0.25) is 15.0 Å². The van der Waals surface area contributed by atoms with Crippen molar-refractivity contribution in [2.75, 3.05) is 6.54 Å². The van der Waals surface area contributed by atoms with E-state index >= 15 is 0 Å². The van der Waals surface area contributed by atoms with Crippen molar-refractivity contribution in [1.29, 1.82) is 5.41 Å². The second-order valence-electron chi connectivity index (χ2n) is 11.0. The summed E-state index contributed by atoms with van der Waals surface area (Å²) in [7, 11) is 0. The molecule has 0 spiro atoms. The van der Waals surface area contributed by atoms with Crippen molar-refractivity contribution >= 4 is 28.7 Å². The fourth-order valence-electron chi connectivity index (χ4n) is 5.57. The van der Waals surface area contributed by atoms with E-state index in [1.807, 2.05) is 42.5 Å². The van der Waals surface area contributed by atoms with Crippen molar-refractivity contribution in [2.45, 2.75) is 70.4 Å². The number of hydrogen-bond acceptors (Lipinski definition) is 5. The number of nitrogens with one attached hydrogen (secondary N) is 2. The van der Waals surface area contributed by atoms with Crippen molar-refractivity contribution in [3.05, 3.63) is 89.5 Å². The van der Waals surface area contributed by atoms with Gasteiger partial charge in [-0.15, -0.1) is 0 Å². The quantitative estimate of drug-likeness (QED) is 0.0841. The fourth-order valence-corrected chi connectivity index (χ4v) is 5.57. The van der Waals surface area contributed by atoms with Crippen LogP contribution in [0.2, 0.25) is 0 Å². The molecule has 3 aromatic carbocycles. The zero-order chi connectivity index (χ0) is 29.3. The van der Waals surface area contributed by atoms with Crippen molar-refractivity contribution in [3.63, 3.8) is 0 Å². The van der Waals surface area contributed by atoms with Gasteiger partial charge in [0.15, 0.2) is 0 Å². The number of amides is 1. The number of benzene rings is 3. The summed E-state index contributed by atoms with van der Waals surface area (Å²) in [5.74, 6) is 0.327. The second-order valence-corrected chi connectivity index (χ2v) is 11.0. The number of aromatic nitrogens is 2. The van der Waals surface area contributed by atoms with Crippen LogP contribution in [0, 0.1) is 5.41 Å². The van der Waals surface area contributed by atoms with Crippen LogP contribution in [-0.2, 0) is 22.5 Å². The highest BCUT2D eigenvalue weighted by Crippen LogP contribution is 2.27. The van der Waals surface area contributed by atoms with Crippen LogP contribution in [0.15, 0.2) is 72.8 Å². The van der Waals surface area contributed by atoms with E-state index < -0.39 is 0 Å². The molecule has 1 aliphatic rings. The topological polar surface area (TPSA) is 123 Å². The number of ether oxygens (including phenoxy) is 1. The van der Waals surface area contributed by atoms with Crippen LogP contribution in [0.1, 0.15) is 72.9 Å². The standard InChI is InChI=1S/C34H39N5O3/c35-32(36)25-14-16-26(17-15-25)33-38-29-23-27(34(41)37-21-20-31(40)42-28-12-5-2-6-13-28)18-19-30(29)39(33)22-8-7-11-24-9-3-1-4-10-24/h1,3-4,9-10,14-19,23,28H,2,5-8,11-13,20-22H2,(H3,35,36)(H,37,41). The molecule has 0 aliphatic heterocycles. The molecule has 1 aromatic heterocycles. The van der Waals surface area contributed by atoms with Gasteiger partial charge in [-0.2, -0.15) is 0 Å². The number of nitrogen functional groups attached to an aromatic ring is 1. The molecule has 1 fully saturated rings. The van der Waals surface area contributed by atoms with Gasteiger partial charge in [0.2, 0.25) is 0 Å². The lowest BCUT2D eigenvalue weighted by atomic mass is 9.98. The molecule has 0 unspecified atom stereocenters. The van der Waals surface area contributed by atoms with E-state index in [-0.39, 0.29) is 36.8 Å². The van der Waals surface area contributed by atoms with Crippen LogP contribution in [0.25, 0.3) is 22.4 Å². The molecule has 42 heavy (non-hydrogen) atoms. The normalized spacial score (nSPS) is 13.6. The number of aryl methyl sites for hydroxylation is 2. The molecule has 0 atom stereocenters. The van der Waals surface area contributed by atoms with E-state index in [0.29, 0.717) is 11.1 Å². The summed E-state index contributed by atoms with van der Waals surface area (Å²) in [6, 6.07) is 23.5. The van der Waals surface area contributed by atoms with E-state index in [1.54, 1.807) is 6.07 Å². The zero-order valence-electron chi connectivity index (χ0n) is 24.0. The van der Waals surface area contributed by atoms with Gasteiger partial charge in [0.05, 0.1) is 17.5 Å². The molecule has 8 heteroatoms. The predicted molar refractivity (Wildman–Crippen MR) is 165 cm³/mol. The second kappa shape index (κ2) is 13.9. The molecule has 1 heterocycles. The van der Waals surface area contributed by atoms with Gasteiger partial charge in [0.25, 0.3) is 5.91 Å². The number of nitrogens with zero attached hydrogens (tertiary/aromatic N) is 2. The van der Waals surface area contributed by atoms with Crippen LogP contribution < -0.4 is 11.1 Å². The Bertz CT molecular complexity index is 1520. The van der Waals surface area contributed by atoms with Crippen LogP contribution in [-0.4, -0.2) is 39.9 Å². The molecule has 5 rings (SSSR count). The average Bonchev–Trinajstić information content (AvgIpc) is 3.38. The maximum absolute atomic E-state index is 12.9. The summed E-state index contributed by atoms with van der Waals surface area (Å²) in [4.78, 5) is 30.1. The number of amidine groups is 1. The van der Waals surface area contributed by atoms with Crippen LogP contribution >= 0.6 is 0 Å². The Labute approximate surface area is 246 Å². The molecule has 0 radical (unpaired) electrons. The Morgan fingerprint density at radius 2 is 1.69 bits per heavy atom. The first-order valence-electron chi connectivity index (χ1n) is 14.9. The number of unbranched alkanes of at least 4 members (excludes halogenated alkanes) is 1. The lowest BCUT2D eigenvalue weighted by Gasteiger charge is -2.21. The summed E-state index contributed by atoms with van der Waals surface area (Å²) in [5, 5.41) is 10.6. The maximum Gasteiger partial charge on any atom is 0.307 e. The smallest absolute Gasteiger partial charge is 0.307 e. The Hall–Kier alpha value is -4.46. The summed E-state index contributed by atoms with van der Waals surface area (Å²) < 4.78 is 7.76. The monoisotopic (exact) mass is 565 g/mol. The predicted octanol–water partition coefficient (Wildman–Crippen LogP) is 6.01. The number of hydrogen-bond donors (Lipinski definition) is 3. The largest absolute Gasteiger partial charge is 0.462 e. The maximum atomic E-state index is 12.9. The van der Waals surface area contributed by atoms with Crippen molar-refractivity contribution in [2.24, 2.45) is 5.73 Å². The minimum atomic E-state index is -0.260. The Morgan fingerprint density at radius 1 is 0.952 bits per heavy atom. The number of imidazole rings is 1. The van der Waals surface area contributed by atoms with Crippen LogP contribution in [0.4, 0.5) is 0 Å². The van der Waals surface area contributed by atoms with Crippen LogP contribution in [0.5, 0.6) is 0 Å². The van der Waals surface area contributed by atoms with Gasteiger partial charge in [0.1, 0.15) is 17.8 Å². The number of esters is 1. The molecule has 1 saturated carbocycles. The van der Waals surface area contributed by atoms with Gasteiger partial charge in [-0.1, -0.05) is 61.0 Å². The van der Waals surface area contributed by atoms with Gasteiger partial charge < -0.3 is 20.4 Å². The van der Waals surface area contributed by atoms with Crippen LogP contribution in [0.3, 0.4) is 0 Å². The Balaban J connectivity index is 1.28. The SMILES string of the molecule is N=C(N)c1ccc(-c2nc3cc(C(=O)NCCC(=O)OC4CCCCC4)ccc3n2CCCCc2ccccc2)cc1. The number of carbonyl (C=O) groups excluding carboxylic acids is 2. The zero-order valence-corrected chi connectivity index (χ0v) is 24.0.